The molecule has 1 aliphatic rings. The Morgan fingerprint density at radius 3 is 2.43 bits per heavy atom. The zero-order valence-electron chi connectivity index (χ0n) is 12.5. The van der Waals surface area contributed by atoms with Crippen molar-refractivity contribution in [2.24, 2.45) is 0 Å². The second-order valence-corrected chi connectivity index (χ2v) is 5.62. The monoisotopic (exact) mass is 314 g/mol. The van der Waals surface area contributed by atoms with Gasteiger partial charge >= 0.3 is 0 Å². The van der Waals surface area contributed by atoms with E-state index in [1.54, 1.807) is 0 Å². The van der Waals surface area contributed by atoms with Crippen molar-refractivity contribution in [3.8, 4) is 0 Å². The van der Waals surface area contributed by atoms with Crippen LogP contribution in [0.5, 0.6) is 0 Å². The fraction of sp³-hybridized carbons (Fsp3) is 0.562. The highest BCUT2D eigenvalue weighted by atomic mass is 35.5. The molecule has 0 unspecified atom stereocenters. The number of carbonyl (C=O) groups is 1. The molecule has 1 saturated carbocycles. The Kier molecular flexibility index (Phi) is 7.12. The van der Waals surface area contributed by atoms with Crippen LogP contribution in [0.15, 0.2) is 24.3 Å². The van der Waals surface area contributed by atoms with E-state index in [0.29, 0.717) is 19.5 Å². The summed E-state index contributed by atoms with van der Waals surface area (Å²) < 4.78 is 13.1. The molecule has 0 spiro atoms. The molecule has 118 valence electrons. The molecular formula is C16H24ClFN2O. The van der Waals surface area contributed by atoms with Crippen molar-refractivity contribution >= 4 is 18.3 Å². The summed E-state index contributed by atoms with van der Waals surface area (Å²) in [5, 5.41) is 6.01. The van der Waals surface area contributed by atoms with Crippen molar-refractivity contribution in [2.45, 2.75) is 37.5 Å². The van der Waals surface area contributed by atoms with Gasteiger partial charge in [-0.25, -0.2) is 4.39 Å². The molecule has 0 atom stereocenters. The summed E-state index contributed by atoms with van der Waals surface area (Å²) in [5.74, 6) is -0.132. The highest BCUT2D eigenvalue weighted by molar-refractivity contribution is 5.85. The van der Waals surface area contributed by atoms with Gasteiger partial charge in [0.15, 0.2) is 0 Å². The Labute approximate surface area is 132 Å². The predicted octanol–water partition coefficient (Wildman–Crippen LogP) is 2.79. The summed E-state index contributed by atoms with van der Waals surface area (Å²) >= 11 is 0. The van der Waals surface area contributed by atoms with Crippen LogP contribution in [0.3, 0.4) is 0 Å². The lowest BCUT2D eigenvalue weighted by molar-refractivity contribution is -0.121. The van der Waals surface area contributed by atoms with Crippen molar-refractivity contribution < 1.29 is 9.18 Å². The summed E-state index contributed by atoms with van der Waals surface area (Å²) in [7, 11) is 1.84. The van der Waals surface area contributed by atoms with Crippen LogP contribution in [0.25, 0.3) is 0 Å². The average molecular weight is 315 g/mol. The number of hydrogen-bond acceptors (Lipinski definition) is 2. The van der Waals surface area contributed by atoms with Gasteiger partial charge < -0.3 is 10.6 Å². The molecule has 1 amide bonds. The van der Waals surface area contributed by atoms with Gasteiger partial charge in [0.1, 0.15) is 5.82 Å². The molecule has 1 fully saturated rings. The number of halogens is 2. The zero-order valence-corrected chi connectivity index (χ0v) is 13.3. The molecule has 0 saturated heterocycles. The van der Waals surface area contributed by atoms with Crippen molar-refractivity contribution in [3.63, 3.8) is 0 Å². The van der Waals surface area contributed by atoms with Gasteiger partial charge in [0.25, 0.3) is 0 Å². The Hall–Kier alpha value is -1.13. The number of carbonyl (C=O) groups excluding carboxylic acids is 1. The SMILES string of the molecule is CNCCC(=O)NCC1(c2ccc(F)cc2)CCCC1.Cl. The number of nitrogens with one attached hydrogen (secondary N) is 2. The van der Waals surface area contributed by atoms with Crippen LogP contribution in [0.4, 0.5) is 4.39 Å². The quantitative estimate of drug-likeness (QED) is 0.848. The topological polar surface area (TPSA) is 41.1 Å². The van der Waals surface area contributed by atoms with E-state index >= 15 is 0 Å². The van der Waals surface area contributed by atoms with Crippen LogP contribution in [-0.2, 0) is 10.2 Å². The van der Waals surface area contributed by atoms with Crippen LogP contribution >= 0.6 is 12.4 Å². The molecule has 2 rings (SSSR count). The smallest absolute Gasteiger partial charge is 0.221 e. The molecule has 0 aliphatic heterocycles. The third-order valence-corrected chi connectivity index (χ3v) is 4.24. The van der Waals surface area contributed by atoms with Crippen molar-refractivity contribution in [3.05, 3.63) is 35.6 Å². The molecule has 1 aromatic carbocycles. The minimum Gasteiger partial charge on any atom is -0.355 e. The standard InChI is InChI=1S/C16H23FN2O.ClH/c1-18-11-8-15(20)19-12-16(9-2-3-10-16)13-4-6-14(17)7-5-13;/h4-7,18H,2-3,8-12H2,1H3,(H,19,20);1H. The Morgan fingerprint density at radius 2 is 1.86 bits per heavy atom. The second kappa shape index (κ2) is 8.35. The first kappa shape index (κ1) is 17.9. The molecule has 0 aromatic heterocycles. The van der Waals surface area contributed by atoms with Crippen LogP contribution in [0.2, 0.25) is 0 Å². The van der Waals surface area contributed by atoms with Crippen molar-refractivity contribution in [1.29, 1.82) is 0 Å². The van der Waals surface area contributed by atoms with Gasteiger partial charge in [-0.3, -0.25) is 4.79 Å². The lowest BCUT2D eigenvalue weighted by Crippen LogP contribution is -2.39. The van der Waals surface area contributed by atoms with Gasteiger partial charge in [-0.1, -0.05) is 25.0 Å². The maximum absolute atomic E-state index is 13.1. The van der Waals surface area contributed by atoms with E-state index in [0.717, 1.165) is 18.4 Å². The van der Waals surface area contributed by atoms with Gasteiger partial charge in [-0.2, -0.15) is 0 Å². The van der Waals surface area contributed by atoms with E-state index in [1.807, 2.05) is 19.2 Å². The summed E-state index contributed by atoms with van der Waals surface area (Å²) in [6.07, 6.45) is 4.96. The van der Waals surface area contributed by atoms with Gasteiger partial charge in [0.2, 0.25) is 5.91 Å². The zero-order chi connectivity index (χ0) is 14.4. The first-order chi connectivity index (χ1) is 9.66. The molecule has 0 radical (unpaired) electrons. The third-order valence-electron chi connectivity index (χ3n) is 4.24. The highest BCUT2D eigenvalue weighted by Crippen LogP contribution is 2.40. The van der Waals surface area contributed by atoms with Crippen LogP contribution in [-0.4, -0.2) is 26.0 Å². The summed E-state index contributed by atoms with van der Waals surface area (Å²) in [6.45, 7) is 1.34. The number of amides is 1. The van der Waals surface area contributed by atoms with Crippen molar-refractivity contribution in [2.75, 3.05) is 20.1 Å². The summed E-state index contributed by atoms with van der Waals surface area (Å²) in [5.41, 5.74) is 1.13. The third kappa shape index (κ3) is 4.68. The molecule has 5 heteroatoms. The largest absolute Gasteiger partial charge is 0.355 e. The Balaban J connectivity index is 0.00000220. The van der Waals surface area contributed by atoms with E-state index in [1.165, 1.54) is 25.0 Å². The Bertz CT molecular complexity index is 444. The maximum Gasteiger partial charge on any atom is 0.221 e. The average Bonchev–Trinajstić information content (AvgIpc) is 2.93. The van der Waals surface area contributed by atoms with E-state index in [9.17, 15) is 9.18 Å². The Morgan fingerprint density at radius 1 is 1.24 bits per heavy atom. The first-order valence-electron chi connectivity index (χ1n) is 7.34. The fourth-order valence-corrected chi connectivity index (χ4v) is 3.02. The molecule has 0 heterocycles. The summed E-state index contributed by atoms with van der Waals surface area (Å²) in [4.78, 5) is 11.8. The van der Waals surface area contributed by atoms with Crippen LogP contribution < -0.4 is 10.6 Å². The number of benzene rings is 1. The molecule has 1 aliphatic carbocycles. The lowest BCUT2D eigenvalue weighted by Gasteiger charge is -2.30. The normalized spacial score (nSPS) is 16.3. The van der Waals surface area contributed by atoms with E-state index in [2.05, 4.69) is 10.6 Å². The van der Waals surface area contributed by atoms with E-state index in [-0.39, 0.29) is 29.5 Å². The molecule has 0 bridgehead atoms. The molecule has 1 aromatic rings. The molecule has 21 heavy (non-hydrogen) atoms. The van der Waals surface area contributed by atoms with Gasteiger partial charge in [0, 0.05) is 24.9 Å². The van der Waals surface area contributed by atoms with Crippen LogP contribution in [0.1, 0.15) is 37.7 Å². The predicted molar refractivity (Wildman–Crippen MR) is 85.3 cm³/mol. The highest BCUT2D eigenvalue weighted by Gasteiger charge is 2.35. The second-order valence-electron chi connectivity index (χ2n) is 5.62. The fourth-order valence-electron chi connectivity index (χ4n) is 3.02. The summed E-state index contributed by atoms with van der Waals surface area (Å²) in [6, 6.07) is 6.75. The number of rotatable bonds is 6. The van der Waals surface area contributed by atoms with Gasteiger partial charge in [0.05, 0.1) is 0 Å². The van der Waals surface area contributed by atoms with Gasteiger partial charge in [-0.05, 0) is 37.6 Å². The number of hydrogen-bond donors (Lipinski definition) is 2. The van der Waals surface area contributed by atoms with Gasteiger partial charge in [-0.15, -0.1) is 12.4 Å². The molecule has 2 N–H and O–H groups in total. The van der Waals surface area contributed by atoms with Crippen LogP contribution in [0, 0.1) is 5.82 Å². The van der Waals surface area contributed by atoms with E-state index < -0.39 is 0 Å². The van der Waals surface area contributed by atoms with E-state index in [4.69, 9.17) is 0 Å². The lowest BCUT2D eigenvalue weighted by atomic mass is 9.79. The maximum atomic E-state index is 13.1. The first-order valence-corrected chi connectivity index (χ1v) is 7.34. The van der Waals surface area contributed by atoms with Crippen molar-refractivity contribution in [1.82, 2.24) is 10.6 Å². The molecular weight excluding hydrogens is 291 g/mol. The minimum absolute atomic E-state index is 0. The molecule has 3 nitrogen and oxygen atoms in total. The minimum atomic E-state index is -0.208.